The van der Waals surface area contributed by atoms with Gasteiger partial charge in [-0.1, -0.05) is 111 Å². The van der Waals surface area contributed by atoms with Gasteiger partial charge in [-0.2, -0.15) is 0 Å². The first-order valence-electron chi connectivity index (χ1n) is 23.6. The summed E-state index contributed by atoms with van der Waals surface area (Å²) in [5.41, 5.74) is 12.0. The number of pyridine rings is 1. The molecule has 7 heteroatoms. The van der Waals surface area contributed by atoms with Gasteiger partial charge in [0.15, 0.2) is 0 Å². The maximum absolute atomic E-state index is 13.2. The van der Waals surface area contributed by atoms with Crippen LogP contribution in [0.2, 0.25) is 0 Å². The molecule has 0 atom stereocenters. The zero-order valence-electron chi connectivity index (χ0n) is 41.2. The van der Waals surface area contributed by atoms with Gasteiger partial charge in [0, 0.05) is 86.6 Å². The minimum absolute atomic E-state index is 0. The molecule has 10 rings (SSSR count). The van der Waals surface area contributed by atoms with Crippen molar-refractivity contribution in [1.29, 1.82) is 0 Å². The number of hydrogen-bond donors (Lipinski definition) is 0. The van der Waals surface area contributed by atoms with E-state index in [2.05, 4.69) is 141 Å². The van der Waals surface area contributed by atoms with Crippen LogP contribution in [0.3, 0.4) is 0 Å². The molecule has 315 valence electrons. The van der Waals surface area contributed by atoms with Crippen LogP contribution in [0.4, 0.5) is 4.39 Å². The fourth-order valence-electron chi connectivity index (χ4n) is 8.05. The predicted octanol–water partition coefficient (Wildman–Crippen LogP) is 14.9. The molecule has 0 bridgehead atoms. The topological polar surface area (TPSA) is 48.8 Å². The van der Waals surface area contributed by atoms with E-state index in [1.54, 1.807) is 12.1 Å². The largest absolute Gasteiger partial charge is 0.501 e. The molecule has 0 aliphatic heterocycles. The van der Waals surface area contributed by atoms with Gasteiger partial charge in [0.05, 0.1) is 11.4 Å². The molecule has 0 saturated heterocycles. The van der Waals surface area contributed by atoms with E-state index in [1.165, 1.54) is 74.1 Å². The van der Waals surface area contributed by atoms with Crippen LogP contribution in [0.1, 0.15) is 70.3 Å². The summed E-state index contributed by atoms with van der Waals surface area (Å²) in [6.07, 6.45) is 5.45. The average molecular weight is 1010 g/mol. The van der Waals surface area contributed by atoms with E-state index >= 15 is 0 Å². The summed E-state index contributed by atoms with van der Waals surface area (Å²) in [5, 5.41) is 2.19. The Kier molecular flexibility index (Phi) is 10.5. The van der Waals surface area contributed by atoms with Crippen molar-refractivity contribution in [2.24, 2.45) is 0 Å². The molecular weight excluding hydrogens is 956 g/mol. The fraction of sp³-hybridized carbons (Fsp3) is 0.143. The van der Waals surface area contributed by atoms with Gasteiger partial charge in [-0.25, -0.2) is 0 Å². The van der Waals surface area contributed by atoms with E-state index in [9.17, 15) is 4.39 Å². The molecular formula is C56H47FIrN4O-2. The summed E-state index contributed by atoms with van der Waals surface area (Å²) in [7, 11) is 0. The van der Waals surface area contributed by atoms with Crippen molar-refractivity contribution in [3.05, 3.63) is 205 Å². The van der Waals surface area contributed by atoms with Gasteiger partial charge < -0.3 is 18.5 Å². The Balaban J connectivity index is 0.000000205. The van der Waals surface area contributed by atoms with Crippen molar-refractivity contribution in [2.75, 3.05) is 0 Å². The van der Waals surface area contributed by atoms with Crippen molar-refractivity contribution in [3.8, 4) is 56.3 Å². The molecule has 5 nitrogen and oxygen atoms in total. The first-order valence-corrected chi connectivity index (χ1v) is 20.6. The second kappa shape index (κ2) is 18.4. The standard InChI is InChI=1S/C39H33N2O.C17H14FN2.Ir/c1-25(2)34-23-30(29-19-17-28(18-20-29)27-11-6-5-7-12-27)24-35(26(3)4)37(34)41-22-21-40-39(41)33-15-10-14-32-31-13-8-9-16-36(31)42-38(32)33;1-12-5-6-13(2)20(12)16-4-3-11-19-17(16)14-7-9-15(18)10-8-14;/h5-14,16-26H,1-4H3;3-7,9-11H,1-2H3;/q2*-1;/i;1D3,2D3;. The number of fused-ring (bicyclic) bond motifs is 3. The minimum atomic E-state index is -2.52. The molecule has 6 aromatic carbocycles. The van der Waals surface area contributed by atoms with Gasteiger partial charge in [0.2, 0.25) is 0 Å². The first-order chi connectivity index (χ1) is 32.6. The smallest absolute Gasteiger partial charge is 0.120 e. The van der Waals surface area contributed by atoms with Gasteiger partial charge >= 0.3 is 0 Å². The maximum atomic E-state index is 13.2. The van der Waals surface area contributed by atoms with Crippen LogP contribution in [-0.4, -0.2) is 19.1 Å². The van der Waals surface area contributed by atoms with Gasteiger partial charge in [-0.3, -0.25) is 9.37 Å². The Hall–Kier alpha value is -6.66. The Morgan fingerprint density at radius 1 is 0.651 bits per heavy atom. The zero-order chi connectivity index (χ0) is 47.9. The quantitative estimate of drug-likeness (QED) is 0.143. The number of hydrogen-bond acceptors (Lipinski definition) is 3. The third-order valence-corrected chi connectivity index (χ3v) is 11.1. The van der Waals surface area contributed by atoms with Crippen LogP contribution < -0.4 is 0 Å². The SMILES string of the molecule is CC(C)c1cc(-c2ccc(-c3ccccc3)cc2)cc(C(C)C)c1-n1ccnc1-c1[c-]ccc2c1oc1ccccc12.[2H]C([2H])([2H])c1ccc(C([2H])([2H])[2H])n1-c1cccnc1-c1[c-]cc(F)cc1.[Ir]. The molecule has 0 spiro atoms. The zero-order valence-corrected chi connectivity index (χ0v) is 37.5. The van der Waals surface area contributed by atoms with E-state index in [4.69, 9.17) is 17.6 Å². The second-order valence-corrected chi connectivity index (χ2v) is 15.8. The molecule has 0 unspecified atom stereocenters. The maximum Gasteiger partial charge on any atom is 0.120 e. The number of benzene rings is 6. The summed E-state index contributed by atoms with van der Waals surface area (Å²) < 4.78 is 69.4. The summed E-state index contributed by atoms with van der Waals surface area (Å²) in [4.78, 5) is 9.11. The molecule has 10 aromatic rings. The molecule has 0 amide bonds. The van der Waals surface area contributed by atoms with Crippen LogP contribution in [0.15, 0.2) is 169 Å². The van der Waals surface area contributed by atoms with Gasteiger partial charge in [0.1, 0.15) is 5.58 Å². The summed E-state index contributed by atoms with van der Waals surface area (Å²) in [5.74, 6) is 0.978. The Morgan fingerprint density at radius 3 is 1.98 bits per heavy atom. The van der Waals surface area contributed by atoms with Crippen LogP contribution >= 0.6 is 0 Å². The number of halogens is 1. The van der Waals surface area contributed by atoms with E-state index in [1.807, 2.05) is 24.4 Å². The van der Waals surface area contributed by atoms with Crippen LogP contribution in [0.25, 0.3) is 78.2 Å². The van der Waals surface area contributed by atoms with Crippen molar-refractivity contribution < 1.29 is 37.1 Å². The second-order valence-electron chi connectivity index (χ2n) is 15.8. The van der Waals surface area contributed by atoms with Crippen LogP contribution in [0.5, 0.6) is 0 Å². The molecule has 0 aliphatic carbocycles. The van der Waals surface area contributed by atoms with Gasteiger partial charge in [0.25, 0.3) is 0 Å². The monoisotopic (exact) mass is 1010 g/mol. The van der Waals surface area contributed by atoms with Crippen LogP contribution in [-0.2, 0) is 20.1 Å². The van der Waals surface area contributed by atoms with Gasteiger partial charge in [-0.05, 0) is 101 Å². The van der Waals surface area contributed by atoms with E-state index < -0.39 is 19.5 Å². The number of furan rings is 1. The normalized spacial score (nSPS) is 13.1. The van der Waals surface area contributed by atoms with Crippen molar-refractivity contribution in [1.82, 2.24) is 19.1 Å². The number of aromatic nitrogens is 4. The predicted molar refractivity (Wildman–Crippen MR) is 251 cm³/mol. The molecule has 0 saturated carbocycles. The molecule has 0 aliphatic rings. The Bertz CT molecular complexity index is 3330. The first kappa shape index (κ1) is 35.9. The summed E-state index contributed by atoms with van der Waals surface area (Å²) >= 11 is 0. The van der Waals surface area contributed by atoms with Crippen molar-refractivity contribution >= 4 is 21.9 Å². The number of para-hydroxylation sites is 1. The van der Waals surface area contributed by atoms with Gasteiger partial charge in [-0.15, -0.1) is 48.0 Å². The average Bonchev–Trinajstić information content (AvgIpc) is 4.10. The van der Waals surface area contributed by atoms with Crippen molar-refractivity contribution in [2.45, 2.75) is 53.2 Å². The Morgan fingerprint density at radius 2 is 1.32 bits per heavy atom. The molecule has 4 heterocycles. The molecule has 4 aromatic heterocycles. The third kappa shape index (κ3) is 8.47. The van der Waals surface area contributed by atoms with Crippen LogP contribution in [0, 0.1) is 31.7 Å². The number of nitrogens with zero attached hydrogens (tertiary/aromatic N) is 4. The van der Waals surface area contributed by atoms with Crippen molar-refractivity contribution in [3.63, 3.8) is 0 Å². The molecule has 1 radical (unpaired) electrons. The number of aryl methyl sites for hydroxylation is 2. The fourth-order valence-corrected chi connectivity index (χ4v) is 8.05. The summed E-state index contributed by atoms with van der Waals surface area (Å²) in [6, 6.07) is 52.2. The number of imidazole rings is 1. The minimum Gasteiger partial charge on any atom is -0.501 e. The van der Waals surface area contributed by atoms with E-state index in [-0.39, 0.29) is 37.2 Å². The Labute approximate surface area is 390 Å². The number of rotatable bonds is 8. The summed E-state index contributed by atoms with van der Waals surface area (Å²) in [6.45, 7) is 4.04. The third-order valence-electron chi connectivity index (χ3n) is 11.1. The van der Waals surface area contributed by atoms with E-state index in [0.29, 0.717) is 23.1 Å². The molecule has 0 N–H and O–H groups in total. The molecule has 63 heavy (non-hydrogen) atoms. The van der Waals surface area contributed by atoms with E-state index in [0.717, 1.165) is 39.4 Å². The molecule has 0 fully saturated rings.